The van der Waals surface area contributed by atoms with Crippen molar-refractivity contribution in [2.24, 2.45) is 5.41 Å². The quantitative estimate of drug-likeness (QED) is 0.0697. The maximum atomic E-state index is 13.0. The molecule has 6 rings (SSSR count). The first-order valence-corrected chi connectivity index (χ1v) is 18.7. The number of hydrogen-bond acceptors (Lipinski definition) is 5. The number of ether oxygens (including phenoxy) is 1. The molecule has 0 aliphatic carbocycles. The van der Waals surface area contributed by atoms with E-state index < -0.39 is 18.6 Å². The summed E-state index contributed by atoms with van der Waals surface area (Å²) in [6.45, 7) is 5.18. The number of fused-ring (bicyclic) bond motifs is 1. The topological polar surface area (TPSA) is 76.7 Å². The van der Waals surface area contributed by atoms with E-state index in [-0.39, 0.29) is 27.9 Å². The molecule has 6 aromatic rings. The number of aromatic hydroxyl groups is 1. The molecule has 1 N–H and O–H groups in total. The molecule has 0 radical (unpaired) electrons. The second-order valence-corrected chi connectivity index (χ2v) is 17.4. The number of phenolic OH excluding ortho intramolecular Hbond substituents is 1. The number of esters is 1. The van der Waals surface area contributed by atoms with Gasteiger partial charge in [-0.1, -0.05) is 0 Å². The third kappa shape index (κ3) is 6.83. The predicted molar refractivity (Wildman–Crippen MR) is 199 cm³/mol. The second kappa shape index (κ2) is 14.0. The van der Waals surface area contributed by atoms with Gasteiger partial charge < -0.3 is 9.84 Å². The van der Waals surface area contributed by atoms with Gasteiger partial charge in [-0.2, -0.15) is 0 Å². The van der Waals surface area contributed by atoms with Gasteiger partial charge in [0, 0.05) is 0 Å². The van der Waals surface area contributed by atoms with E-state index in [1.807, 2.05) is 12.1 Å². The van der Waals surface area contributed by atoms with Crippen LogP contribution in [0, 0.1) is 5.41 Å². The van der Waals surface area contributed by atoms with E-state index in [0.29, 0.717) is 5.76 Å². The second-order valence-electron chi connectivity index (χ2n) is 13.3. The minimum atomic E-state index is -2.26. The molecular weight excluding hydrogens is 615 g/mol. The van der Waals surface area contributed by atoms with Crippen molar-refractivity contribution in [3.05, 3.63) is 149 Å². The maximum absolute atomic E-state index is 13.0. The standard InChI is InChI=1S/C42H41O5P/c1-42(2,3)41(45)47-37-27-26-35-36(43)29-38(46-40(35)39(37)44)31-24-22-30(23-25-31)15-13-14-28-48(32-16-7-4-8-17-32,33-18-9-5-10-19-33)34-20-11-6-12-21-34/h4-12,16-27,29,44,48H,13-15,28H2,1-3H3. The van der Waals surface area contributed by atoms with Crippen molar-refractivity contribution in [1.82, 2.24) is 0 Å². The Bertz CT molecular complexity index is 1970. The number of unbranched alkanes of at least 4 members (excludes halogenated alkanes) is 1. The fraction of sp³-hybridized carbons (Fsp3) is 0.190. The number of carbonyl (C=O) groups is 1. The predicted octanol–water partition coefficient (Wildman–Crippen LogP) is 8.17. The minimum Gasteiger partial charge on any atom is -0.502 e. The molecule has 1 heterocycles. The molecule has 0 spiro atoms. The fourth-order valence-corrected chi connectivity index (χ4v) is 11.3. The molecule has 0 aliphatic heterocycles. The van der Waals surface area contributed by atoms with Gasteiger partial charge in [-0.05, 0) is 32.9 Å². The van der Waals surface area contributed by atoms with Crippen LogP contribution in [0.25, 0.3) is 22.3 Å². The SMILES string of the molecule is CC(C)(C)C(=O)Oc1ccc2c(=O)cc(-c3ccc(CCCC[PH](c4ccccc4)(c4ccccc4)c4ccccc4)cc3)oc2c1O. The van der Waals surface area contributed by atoms with Gasteiger partial charge in [-0.15, -0.1) is 0 Å². The van der Waals surface area contributed by atoms with Gasteiger partial charge >= 0.3 is 224 Å². The minimum absolute atomic E-state index is 0.0105. The van der Waals surface area contributed by atoms with E-state index in [4.69, 9.17) is 9.15 Å². The average Bonchev–Trinajstić information content (AvgIpc) is 3.11. The van der Waals surface area contributed by atoms with Gasteiger partial charge in [-0.25, -0.2) is 0 Å². The van der Waals surface area contributed by atoms with Crippen LogP contribution in [0.15, 0.2) is 143 Å². The third-order valence-electron chi connectivity index (χ3n) is 8.95. The van der Waals surface area contributed by atoms with Crippen molar-refractivity contribution >= 4 is 40.1 Å². The van der Waals surface area contributed by atoms with Gasteiger partial charge in [-0.3, -0.25) is 4.79 Å². The average molecular weight is 657 g/mol. The molecule has 0 fully saturated rings. The number of hydrogen-bond donors (Lipinski definition) is 1. The molecule has 5 nitrogen and oxygen atoms in total. The van der Waals surface area contributed by atoms with E-state index in [1.54, 1.807) is 20.8 Å². The molecule has 0 saturated heterocycles. The third-order valence-corrected chi connectivity index (χ3v) is 14.0. The Labute approximate surface area is 282 Å². The summed E-state index contributed by atoms with van der Waals surface area (Å²) in [5, 5.41) is 15.4. The Hall–Kier alpha value is -4.99. The molecule has 0 saturated carbocycles. The van der Waals surface area contributed by atoms with Crippen molar-refractivity contribution in [3.8, 4) is 22.8 Å². The Morgan fingerprint density at radius 3 is 1.79 bits per heavy atom. The van der Waals surface area contributed by atoms with Crippen LogP contribution in [-0.2, 0) is 11.2 Å². The summed E-state index contributed by atoms with van der Waals surface area (Å²) in [6, 6.07) is 45.4. The molecule has 0 aliphatic rings. The zero-order valence-electron chi connectivity index (χ0n) is 27.6. The molecule has 0 amide bonds. The normalized spacial score (nSPS) is 12.1. The summed E-state index contributed by atoms with van der Waals surface area (Å²) in [6.07, 6.45) is 4.14. The Morgan fingerprint density at radius 2 is 1.27 bits per heavy atom. The Balaban J connectivity index is 1.20. The summed E-state index contributed by atoms with van der Waals surface area (Å²) < 4.78 is 11.4. The van der Waals surface area contributed by atoms with Crippen molar-refractivity contribution < 1.29 is 19.1 Å². The number of phenols is 1. The molecule has 5 aromatic carbocycles. The number of benzene rings is 5. The first kappa shape index (κ1) is 32.9. The first-order valence-electron chi connectivity index (χ1n) is 16.4. The van der Waals surface area contributed by atoms with Gasteiger partial charge in [0.1, 0.15) is 0 Å². The number of rotatable bonds is 10. The van der Waals surface area contributed by atoms with Gasteiger partial charge in [0.15, 0.2) is 5.75 Å². The van der Waals surface area contributed by atoms with Crippen LogP contribution < -0.4 is 26.1 Å². The van der Waals surface area contributed by atoms with Gasteiger partial charge in [0.05, 0.1) is 5.41 Å². The van der Waals surface area contributed by atoms with Crippen molar-refractivity contribution in [2.75, 3.05) is 6.16 Å². The van der Waals surface area contributed by atoms with E-state index in [9.17, 15) is 14.7 Å². The number of carbonyl (C=O) groups excluding carboxylic acids is 1. The summed E-state index contributed by atoms with van der Waals surface area (Å²) >= 11 is 0. The van der Waals surface area contributed by atoms with Crippen LogP contribution in [0.5, 0.6) is 11.5 Å². The summed E-state index contributed by atoms with van der Waals surface area (Å²) in [5.41, 5.74) is 0.860. The van der Waals surface area contributed by atoms with Crippen LogP contribution >= 0.6 is 7.26 Å². The zero-order chi connectivity index (χ0) is 33.7. The van der Waals surface area contributed by atoms with Gasteiger partial charge in [0.2, 0.25) is 0 Å². The summed E-state index contributed by atoms with van der Waals surface area (Å²) in [4.78, 5) is 25.4. The molecule has 6 heteroatoms. The van der Waals surface area contributed by atoms with Crippen molar-refractivity contribution in [3.63, 3.8) is 0 Å². The van der Waals surface area contributed by atoms with Crippen molar-refractivity contribution in [2.45, 2.75) is 40.0 Å². The zero-order valence-corrected chi connectivity index (χ0v) is 28.6. The van der Waals surface area contributed by atoms with Crippen LogP contribution in [0.3, 0.4) is 0 Å². The van der Waals surface area contributed by atoms with Crippen molar-refractivity contribution in [1.29, 1.82) is 0 Å². The van der Waals surface area contributed by atoms with E-state index in [0.717, 1.165) is 31.0 Å². The smallest absolute Gasteiger partial charge is 0.502 e. The molecule has 0 atom stereocenters. The monoisotopic (exact) mass is 656 g/mol. The van der Waals surface area contributed by atoms with Crippen LogP contribution in [0.2, 0.25) is 0 Å². The number of aryl methyl sites for hydroxylation is 1. The molecule has 1 aromatic heterocycles. The summed E-state index contributed by atoms with van der Waals surface area (Å²) in [7, 11) is -2.26. The van der Waals surface area contributed by atoms with Gasteiger partial charge in [0.25, 0.3) is 0 Å². The first-order chi connectivity index (χ1) is 23.2. The summed E-state index contributed by atoms with van der Waals surface area (Å²) in [5.74, 6) is -0.587. The Morgan fingerprint density at radius 1 is 0.729 bits per heavy atom. The van der Waals surface area contributed by atoms with E-state index in [2.05, 4.69) is 103 Å². The molecule has 48 heavy (non-hydrogen) atoms. The molecule has 0 bridgehead atoms. The van der Waals surface area contributed by atoms with Crippen LogP contribution in [-0.4, -0.2) is 17.2 Å². The molecule has 0 unspecified atom stereocenters. The van der Waals surface area contributed by atoms with E-state index >= 15 is 0 Å². The molecular formula is C42H41O5P. The Kier molecular flexibility index (Phi) is 9.61. The molecule has 244 valence electrons. The fourth-order valence-electron chi connectivity index (χ4n) is 6.32. The van der Waals surface area contributed by atoms with E-state index in [1.165, 1.54) is 39.7 Å². The van der Waals surface area contributed by atoms with Crippen LogP contribution in [0.1, 0.15) is 39.2 Å². The van der Waals surface area contributed by atoms with Crippen LogP contribution in [0.4, 0.5) is 0 Å².